The Morgan fingerprint density at radius 3 is 2.53 bits per heavy atom. The average molecular weight is 264 g/mol. The Hall–Kier alpha value is -2.11. The number of carbonyl (C=O) groups excluding carboxylic acids is 2. The van der Waals surface area contributed by atoms with Gasteiger partial charge < -0.3 is 16.8 Å². The number of nitrogens with two attached hydrogens (primary N) is 2. The normalized spacial score (nSPS) is 11.1. The molecule has 1 rings (SSSR count). The van der Waals surface area contributed by atoms with E-state index >= 15 is 0 Å². The van der Waals surface area contributed by atoms with Gasteiger partial charge in [0.1, 0.15) is 11.4 Å². The fraction of sp³-hybridized carbons (Fsp3) is 0.462. The Morgan fingerprint density at radius 1 is 1.37 bits per heavy atom. The number of primary amides is 1. The number of aryl methyl sites for hydroxylation is 1. The first kappa shape index (κ1) is 14.9. The lowest BCUT2D eigenvalue weighted by molar-refractivity contribution is -0.122. The van der Waals surface area contributed by atoms with Gasteiger partial charge in [-0.05, 0) is 32.4 Å². The summed E-state index contributed by atoms with van der Waals surface area (Å²) >= 11 is 0. The first-order valence-corrected chi connectivity index (χ1v) is 6.15. The number of hydrogen-bond donors (Lipinski definition) is 3. The van der Waals surface area contributed by atoms with E-state index in [1.807, 2.05) is 6.92 Å². The number of nitrogen functional groups attached to an aromatic ring is 1. The molecule has 0 aliphatic carbocycles. The molecule has 0 fully saturated rings. The predicted octanol–water partition coefficient (Wildman–Crippen LogP) is 0.610. The maximum atomic E-state index is 12.1. The van der Waals surface area contributed by atoms with Gasteiger partial charge in [-0.1, -0.05) is 13.3 Å². The van der Waals surface area contributed by atoms with Crippen molar-refractivity contribution in [2.75, 3.05) is 5.73 Å². The lowest BCUT2D eigenvalue weighted by atomic mass is 10.0. The van der Waals surface area contributed by atoms with Gasteiger partial charge in [0, 0.05) is 11.3 Å². The molecule has 1 heterocycles. The number of anilines is 1. The second-order valence-corrected chi connectivity index (χ2v) is 4.97. The molecule has 0 aromatic carbocycles. The molecule has 5 N–H and O–H groups in total. The van der Waals surface area contributed by atoms with Crippen LogP contribution >= 0.6 is 0 Å². The predicted molar refractivity (Wildman–Crippen MR) is 73.4 cm³/mol. The largest absolute Gasteiger partial charge is 0.384 e. The molecular weight excluding hydrogens is 244 g/mol. The third-order valence-electron chi connectivity index (χ3n) is 2.71. The van der Waals surface area contributed by atoms with Crippen molar-refractivity contribution in [1.82, 2.24) is 10.3 Å². The highest BCUT2D eigenvalue weighted by Gasteiger charge is 2.27. The Bertz CT molecular complexity index is 497. The van der Waals surface area contributed by atoms with Crippen LogP contribution in [-0.4, -0.2) is 22.3 Å². The van der Waals surface area contributed by atoms with E-state index in [0.29, 0.717) is 5.56 Å². The van der Waals surface area contributed by atoms with Crippen molar-refractivity contribution in [3.63, 3.8) is 0 Å². The summed E-state index contributed by atoms with van der Waals surface area (Å²) in [6.07, 6.45) is 1.65. The number of aromatic nitrogens is 1. The van der Waals surface area contributed by atoms with E-state index in [9.17, 15) is 9.59 Å². The molecule has 19 heavy (non-hydrogen) atoms. The Morgan fingerprint density at radius 2 is 2.00 bits per heavy atom. The van der Waals surface area contributed by atoms with Crippen LogP contribution in [0.4, 0.5) is 5.82 Å². The van der Waals surface area contributed by atoms with Gasteiger partial charge in [-0.15, -0.1) is 0 Å². The topological polar surface area (TPSA) is 111 Å². The Kier molecular flexibility index (Phi) is 4.47. The van der Waals surface area contributed by atoms with Gasteiger partial charge in [-0.2, -0.15) is 0 Å². The van der Waals surface area contributed by atoms with E-state index in [1.165, 1.54) is 6.07 Å². The van der Waals surface area contributed by atoms with Gasteiger partial charge in [0.05, 0.1) is 0 Å². The Balaban J connectivity index is 2.97. The summed E-state index contributed by atoms with van der Waals surface area (Å²) in [6.45, 7) is 5.11. The van der Waals surface area contributed by atoms with Crippen LogP contribution in [0, 0.1) is 0 Å². The Labute approximate surface area is 112 Å². The van der Waals surface area contributed by atoms with Crippen molar-refractivity contribution in [2.45, 2.75) is 39.2 Å². The molecule has 6 heteroatoms. The van der Waals surface area contributed by atoms with Gasteiger partial charge in [0.15, 0.2) is 0 Å². The number of hydrogen-bond acceptors (Lipinski definition) is 4. The number of nitrogens with zero attached hydrogens (tertiary/aromatic N) is 1. The molecule has 1 aromatic heterocycles. The lowest BCUT2D eigenvalue weighted by Crippen LogP contribution is -2.53. The molecule has 2 amide bonds. The molecule has 0 saturated heterocycles. The lowest BCUT2D eigenvalue weighted by Gasteiger charge is -2.22. The van der Waals surface area contributed by atoms with Crippen LogP contribution in [0.2, 0.25) is 0 Å². The molecule has 0 bridgehead atoms. The minimum atomic E-state index is -1.11. The van der Waals surface area contributed by atoms with Crippen LogP contribution < -0.4 is 16.8 Å². The molecule has 6 nitrogen and oxygen atoms in total. The smallest absolute Gasteiger partial charge is 0.252 e. The molecule has 0 unspecified atom stereocenters. The van der Waals surface area contributed by atoms with Crippen LogP contribution in [0.3, 0.4) is 0 Å². The quantitative estimate of drug-likeness (QED) is 0.723. The molecule has 104 valence electrons. The van der Waals surface area contributed by atoms with E-state index in [2.05, 4.69) is 10.3 Å². The number of rotatable bonds is 5. The maximum absolute atomic E-state index is 12.1. The van der Waals surface area contributed by atoms with Crippen LogP contribution in [0.15, 0.2) is 12.1 Å². The summed E-state index contributed by atoms with van der Waals surface area (Å²) in [5.41, 5.74) is 10.9. The van der Waals surface area contributed by atoms with Crippen molar-refractivity contribution in [2.24, 2.45) is 5.73 Å². The third-order valence-corrected chi connectivity index (χ3v) is 2.71. The molecule has 0 spiro atoms. The molecule has 0 saturated carbocycles. The average Bonchev–Trinajstić information content (AvgIpc) is 2.27. The second kappa shape index (κ2) is 5.69. The van der Waals surface area contributed by atoms with Crippen molar-refractivity contribution in [1.29, 1.82) is 0 Å². The first-order valence-electron chi connectivity index (χ1n) is 6.15. The summed E-state index contributed by atoms with van der Waals surface area (Å²) in [6, 6.07) is 3.15. The summed E-state index contributed by atoms with van der Waals surface area (Å²) in [7, 11) is 0. The molecule has 0 aliphatic rings. The number of nitrogens with one attached hydrogen (secondary N) is 1. The number of amides is 2. The van der Waals surface area contributed by atoms with Crippen molar-refractivity contribution < 1.29 is 9.59 Å². The molecule has 0 aliphatic heterocycles. The summed E-state index contributed by atoms with van der Waals surface area (Å²) in [5, 5.41) is 2.57. The summed E-state index contributed by atoms with van der Waals surface area (Å²) < 4.78 is 0. The van der Waals surface area contributed by atoms with Crippen LogP contribution in [0.25, 0.3) is 0 Å². The highest BCUT2D eigenvalue weighted by atomic mass is 16.2. The van der Waals surface area contributed by atoms with Crippen molar-refractivity contribution >= 4 is 17.6 Å². The second-order valence-electron chi connectivity index (χ2n) is 4.97. The fourth-order valence-corrected chi connectivity index (χ4v) is 1.54. The minimum Gasteiger partial charge on any atom is -0.384 e. The van der Waals surface area contributed by atoms with Gasteiger partial charge in [-0.25, -0.2) is 4.98 Å². The van der Waals surface area contributed by atoms with Crippen molar-refractivity contribution in [3.8, 4) is 0 Å². The van der Waals surface area contributed by atoms with Crippen LogP contribution in [0.1, 0.15) is 43.2 Å². The standard InChI is InChI=1S/C13H20N4O2/c1-4-5-9-6-8(7-10(14)16-9)11(18)17-13(2,3)12(15)19/h6-7H,4-5H2,1-3H3,(H2,14,16)(H2,15,19)(H,17,18). The zero-order chi connectivity index (χ0) is 14.6. The van der Waals surface area contributed by atoms with E-state index in [4.69, 9.17) is 11.5 Å². The van der Waals surface area contributed by atoms with Gasteiger partial charge in [0.2, 0.25) is 5.91 Å². The van der Waals surface area contributed by atoms with Gasteiger partial charge in [-0.3, -0.25) is 9.59 Å². The first-order chi connectivity index (χ1) is 8.76. The van der Waals surface area contributed by atoms with Gasteiger partial charge in [0.25, 0.3) is 5.91 Å². The molecule has 0 radical (unpaired) electrons. The highest BCUT2D eigenvalue weighted by molar-refractivity contribution is 5.99. The van der Waals surface area contributed by atoms with E-state index < -0.39 is 17.4 Å². The van der Waals surface area contributed by atoms with E-state index in [0.717, 1.165) is 18.5 Å². The zero-order valence-corrected chi connectivity index (χ0v) is 11.5. The third kappa shape index (κ3) is 3.94. The fourth-order valence-electron chi connectivity index (χ4n) is 1.54. The van der Waals surface area contributed by atoms with Crippen LogP contribution in [-0.2, 0) is 11.2 Å². The van der Waals surface area contributed by atoms with E-state index in [-0.39, 0.29) is 5.82 Å². The molecule has 0 atom stereocenters. The van der Waals surface area contributed by atoms with E-state index in [1.54, 1.807) is 19.9 Å². The molecular formula is C13H20N4O2. The summed E-state index contributed by atoms with van der Waals surface area (Å²) in [4.78, 5) is 27.4. The SMILES string of the molecule is CCCc1cc(C(=O)NC(C)(C)C(N)=O)cc(N)n1. The maximum Gasteiger partial charge on any atom is 0.252 e. The summed E-state index contributed by atoms with van der Waals surface area (Å²) in [5.74, 6) is -0.708. The van der Waals surface area contributed by atoms with Crippen LogP contribution in [0.5, 0.6) is 0 Å². The van der Waals surface area contributed by atoms with Crippen molar-refractivity contribution in [3.05, 3.63) is 23.4 Å². The monoisotopic (exact) mass is 264 g/mol. The minimum absolute atomic E-state index is 0.285. The highest BCUT2D eigenvalue weighted by Crippen LogP contribution is 2.11. The molecule has 1 aromatic rings. The zero-order valence-electron chi connectivity index (χ0n) is 11.5. The number of pyridine rings is 1. The number of carbonyl (C=O) groups is 2. The van der Waals surface area contributed by atoms with Gasteiger partial charge >= 0.3 is 0 Å².